The van der Waals surface area contributed by atoms with Gasteiger partial charge in [0.05, 0.1) is 12.0 Å². The maximum atomic E-state index is 6.90. The second-order valence-corrected chi connectivity index (χ2v) is 18.9. The van der Waals surface area contributed by atoms with Gasteiger partial charge in [0, 0.05) is 7.05 Å². The molecule has 0 N–H and O–H groups in total. The normalized spacial score (nSPS) is 41.8. The summed E-state index contributed by atoms with van der Waals surface area (Å²) >= 11 is 0. The van der Waals surface area contributed by atoms with Crippen LogP contribution in [-0.2, 0) is 4.74 Å². The van der Waals surface area contributed by atoms with E-state index in [1.165, 1.54) is 83.5 Å². The van der Waals surface area contributed by atoms with Gasteiger partial charge in [0.25, 0.3) is 0 Å². The Kier molecular flexibility index (Phi) is 8.90. The van der Waals surface area contributed by atoms with Crippen LogP contribution in [0, 0.1) is 63.1 Å². The molecule has 47 heavy (non-hydrogen) atoms. The molecule has 7 aliphatic carbocycles. The molecule has 260 valence electrons. The molecule has 7 aliphatic rings. The van der Waals surface area contributed by atoms with Crippen LogP contribution in [0.3, 0.4) is 0 Å². The predicted molar refractivity (Wildman–Crippen MR) is 199 cm³/mol. The minimum Gasteiger partial charge on any atom is -0.480 e. The Balaban J connectivity index is 1.15. The second-order valence-electron chi connectivity index (χ2n) is 18.9. The molecule has 8 atom stereocenters. The minimum absolute atomic E-state index is 0.0768. The van der Waals surface area contributed by atoms with E-state index < -0.39 is 0 Å². The highest BCUT2D eigenvalue weighted by molar-refractivity contribution is 5.89. The summed E-state index contributed by atoms with van der Waals surface area (Å²) < 4.78 is 6.90. The Bertz CT molecular complexity index is 1380. The van der Waals surface area contributed by atoms with E-state index in [0.717, 1.165) is 54.9 Å². The van der Waals surface area contributed by atoms with Gasteiger partial charge in [-0.1, -0.05) is 90.3 Å². The zero-order chi connectivity index (χ0) is 33.4. The summed E-state index contributed by atoms with van der Waals surface area (Å²) in [5.41, 5.74) is 10.0. The lowest BCUT2D eigenvalue weighted by Gasteiger charge is -2.64. The summed E-state index contributed by atoms with van der Waals surface area (Å²) in [7, 11) is 1.98. The first kappa shape index (κ1) is 33.9. The van der Waals surface area contributed by atoms with Gasteiger partial charge in [-0.15, -0.1) is 0 Å². The van der Waals surface area contributed by atoms with E-state index in [0.29, 0.717) is 22.7 Å². The van der Waals surface area contributed by atoms with Crippen LogP contribution in [0.4, 0.5) is 0 Å². The Morgan fingerprint density at radius 1 is 0.894 bits per heavy atom. The summed E-state index contributed by atoms with van der Waals surface area (Å²) in [6.45, 7) is 20.9. The van der Waals surface area contributed by atoms with E-state index in [1.54, 1.807) is 22.3 Å². The number of hydrogen-bond acceptors (Lipinski definition) is 2. The molecule has 2 heteroatoms. The highest BCUT2D eigenvalue weighted by atomic mass is 16.5. The Hall–Kier alpha value is -1.57. The number of rotatable bonds is 8. The molecule has 0 bridgehead atoms. The van der Waals surface area contributed by atoms with E-state index in [1.807, 2.05) is 12.6 Å². The molecular formula is C45H69NO. The Morgan fingerprint density at radius 2 is 1.62 bits per heavy atom. The maximum absolute atomic E-state index is 6.90. The lowest BCUT2D eigenvalue weighted by Crippen LogP contribution is -2.56. The van der Waals surface area contributed by atoms with Gasteiger partial charge in [-0.25, -0.2) is 0 Å². The van der Waals surface area contributed by atoms with Crippen LogP contribution >= 0.6 is 0 Å². The predicted octanol–water partition coefficient (Wildman–Crippen LogP) is 12.5. The van der Waals surface area contributed by atoms with E-state index in [9.17, 15) is 0 Å². The molecule has 0 spiro atoms. The van der Waals surface area contributed by atoms with Gasteiger partial charge in [0.1, 0.15) is 0 Å². The second kappa shape index (κ2) is 12.3. The summed E-state index contributed by atoms with van der Waals surface area (Å²) in [6, 6.07) is 0. The smallest absolute Gasteiger partial charge is 0.193 e. The van der Waals surface area contributed by atoms with Crippen molar-refractivity contribution in [3.63, 3.8) is 0 Å². The topological polar surface area (TPSA) is 21.6 Å². The van der Waals surface area contributed by atoms with Crippen molar-refractivity contribution in [2.75, 3.05) is 13.7 Å². The van der Waals surface area contributed by atoms with Crippen molar-refractivity contribution in [2.24, 2.45) is 68.1 Å². The Morgan fingerprint density at radius 3 is 2.26 bits per heavy atom. The number of allylic oxidation sites excluding steroid dienone is 7. The largest absolute Gasteiger partial charge is 0.480 e. The van der Waals surface area contributed by atoms with Crippen molar-refractivity contribution < 1.29 is 4.74 Å². The molecule has 0 aromatic heterocycles. The third-order valence-electron chi connectivity index (χ3n) is 16.1. The van der Waals surface area contributed by atoms with E-state index >= 15 is 0 Å². The quantitative estimate of drug-likeness (QED) is 0.191. The molecule has 0 heterocycles. The molecule has 0 saturated heterocycles. The average Bonchev–Trinajstić information content (AvgIpc) is 3.69. The molecule has 5 fully saturated rings. The molecule has 0 aliphatic heterocycles. The fourth-order valence-corrected chi connectivity index (χ4v) is 13.8. The van der Waals surface area contributed by atoms with Crippen molar-refractivity contribution in [3.8, 4) is 0 Å². The third kappa shape index (κ3) is 5.25. The molecule has 0 amide bonds. The van der Waals surface area contributed by atoms with Gasteiger partial charge in [-0.3, -0.25) is 4.99 Å². The van der Waals surface area contributed by atoms with Crippen LogP contribution in [0.1, 0.15) is 152 Å². The van der Waals surface area contributed by atoms with Crippen LogP contribution in [0.2, 0.25) is 0 Å². The van der Waals surface area contributed by atoms with Crippen molar-refractivity contribution in [1.82, 2.24) is 0 Å². The van der Waals surface area contributed by atoms with Crippen molar-refractivity contribution >= 4 is 5.90 Å². The summed E-state index contributed by atoms with van der Waals surface area (Å²) in [4.78, 5) is 4.87. The third-order valence-corrected chi connectivity index (χ3v) is 16.1. The monoisotopic (exact) mass is 640 g/mol. The van der Waals surface area contributed by atoms with Crippen molar-refractivity contribution in [2.45, 2.75) is 152 Å². The fraction of sp³-hybridized carbons (Fsp3) is 0.800. The summed E-state index contributed by atoms with van der Waals surface area (Å²) in [6.07, 6.45) is 27.4. The van der Waals surface area contributed by atoms with Crippen molar-refractivity contribution in [1.29, 1.82) is 0 Å². The van der Waals surface area contributed by atoms with Crippen LogP contribution in [0.25, 0.3) is 0 Å². The van der Waals surface area contributed by atoms with E-state index in [4.69, 9.17) is 9.73 Å². The summed E-state index contributed by atoms with van der Waals surface area (Å²) in [5.74, 6) is 6.73. The van der Waals surface area contributed by atoms with E-state index in [2.05, 4.69) is 73.6 Å². The molecule has 0 aromatic rings. The molecule has 0 aromatic carbocycles. The molecular weight excluding hydrogens is 571 g/mol. The maximum Gasteiger partial charge on any atom is 0.193 e. The first-order chi connectivity index (χ1) is 22.4. The zero-order valence-corrected chi connectivity index (χ0v) is 31.9. The number of fused-ring (bicyclic) bond motifs is 7. The summed E-state index contributed by atoms with van der Waals surface area (Å²) in [5, 5.41) is 0. The van der Waals surface area contributed by atoms with Gasteiger partial charge >= 0.3 is 0 Å². The number of hydrogen-bond donors (Lipinski definition) is 0. The molecule has 7 rings (SSSR count). The van der Waals surface area contributed by atoms with Gasteiger partial charge in [0.2, 0.25) is 0 Å². The number of nitrogens with zero attached hydrogens (tertiary/aromatic N) is 1. The van der Waals surface area contributed by atoms with Crippen LogP contribution in [0.15, 0.2) is 51.1 Å². The van der Waals surface area contributed by atoms with Gasteiger partial charge in [-0.2, -0.15) is 0 Å². The SMILES string of the molecule is CC/C=C1/CC2(CCOC(=NC)C3(C4=CC=C(C(C)C)CC4)CC3)CCC3C(CCC4C5(C)CCC(C)C5CCC34C)C2=C1C(C)C. The van der Waals surface area contributed by atoms with Crippen molar-refractivity contribution in [3.05, 3.63) is 46.1 Å². The fourth-order valence-electron chi connectivity index (χ4n) is 13.8. The van der Waals surface area contributed by atoms with Gasteiger partial charge in [-0.05, 0) is 165 Å². The van der Waals surface area contributed by atoms with Crippen LogP contribution in [0.5, 0.6) is 0 Å². The standard InChI is InChI=1S/C45H69NO/c1-10-11-33-28-44(26-27-47-41(46-9)45(24-25-45)34-14-12-32(13-15-34)29(2)3)23-20-37-35(40(44)39(33)30(4)5)16-17-38-42(7)21-18-31(6)36(42)19-22-43(37,38)8/h11-12,14,29-31,35-38H,10,13,15-28H2,1-9H3/b33-11-,46-41?. The van der Waals surface area contributed by atoms with Gasteiger partial charge in [0.15, 0.2) is 5.90 Å². The van der Waals surface area contributed by atoms with Crippen LogP contribution in [-0.4, -0.2) is 19.6 Å². The first-order valence-corrected chi connectivity index (χ1v) is 20.4. The average molecular weight is 640 g/mol. The zero-order valence-electron chi connectivity index (χ0n) is 31.9. The molecule has 2 nitrogen and oxygen atoms in total. The molecule has 8 unspecified atom stereocenters. The first-order valence-electron chi connectivity index (χ1n) is 20.4. The minimum atomic E-state index is 0.0768. The highest BCUT2D eigenvalue weighted by Crippen LogP contribution is 2.73. The molecule has 0 radical (unpaired) electrons. The Labute approximate surface area is 289 Å². The lowest BCUT2D eigenvalue weighted by atomic mass is 9.40. The van der Waals surface area contributed by atoms with Gasteiger partial charge < -0.3 is 4.74 Å². The number of aliphatic imine (C=N–C) groups is 1. The molecule has 5 saturated carbocycles. The van der Waals surface area contributed by atoms with Crippen LogP contribution < -0.4 is 0 Å². The number of ether oxygens (including phenoxy) is 1. The lowest BCUT2D eigenvalue weighted by molar-refractivity contribution is -0.133. The van der Waals surface area contributed by atoms with E-state index in [-0.39, 0.29) is 10.8 Å². The highest BCUT2D eigenvalue weighted by Gasteiger charge is 2.64.